The van der Waals surface area contributed by atoms with Crippen molar-refractivity contribution in [2.45, 2.75) is 64.3 Å². The first kappa shape index (κ1) is 22.0. The highest BCUT2D eigenvalue weighted by molar-refractivity contribution is 6.08. The minimum absolute atomic E-state index is 0.129. The second-order valence-electron chi connectivity index (χ2n) is 10.3. The average molecular weight is 436 g/mol. The molecule has 0 aromatic rings. The van der Waals surface area contributed by atoms with Crippen LogP contribution in [-0.4, -0.2) is 89.6 Å². The number of fused-ring (bicyclic) bond motifs is 5. The summed E-state index contributed by atoms with van der Waals surface area (Å²) in [5, 5.41) is 0. The third-order valence-electron chi connectivity index (χ3n) is 6.78. The van der Waals surface area contributed by atoms with Gasteiger partial charge in [-0.05, 0) is 52.4 Å². The predicted molar refractivity (Wildman–Crippen MR) is 110 cm³/mol. The SMILES string of the molecule is CN(CC1CCCN(C(=O)CN2C(=O)C3C4CCC(O4)C3C2=O)C1)C(=O)OC(C)(C)C. The molecule has 0 N–H and O–H groups in total. The van der Waals surface area contributed by atoms with Gasteiger partial charge in [0.1, 0.15) is 12.1 Å². The van der Waals surface area contributed by atoms with E-state index in [4.69, 9.17) is 9.47 Å². The van der Waals surface area contributed by atoms with E-state index < -0.39 is 17.4 Å². The van der Waals surface area contributed by atoms with Gasteiger partial charge in [0.25, 0.3) is 0 Å². The highest BCUT2D eigenvalue weighted by Gasteiger charge is 2.62. The summed E-state index contributed by atoms with van der Waals surface area (Å²) in [6, 6.07) is 0. The summed E-state index contributed by atoms with van der Waals surface area (Å²) in [5.74, 6) is -1.41. The molecule has 4 saturated heterocycles. The molecular formula is C22H33N3O6. The van der Waals surface area contributed by atoms with Crippen molar-refractivity contribution in [3.8, 4) is 0 Å². The van der Waals surface area contributed by atoms with Gasteiger partial charge in [0.05, 0.1) is 24.0 Å². The molecule has 9 heteroatoms. The van der Waals surface area contributed by atoms with Gasteiger partial charge in [-0.2, -0.15) is 0 Å². The Hall–Kier alpha value is -2.16. The summed E-state index contributed by atoms with van der Waals surface area (Å²) in [6.07, 6.45) is 2.63. The summed E-state index contributed by atoms with van der Waals surface area (Å²) >= 11 is 0. The van der Waals surface area contributed by atoms with Gasteiger partial charge < -0.3 is 19.3 Å². The third-order valence-corrected chi connectivity index (χ3v) is 6.78. The lowest BCUT2D eigenvalue weighted by molar-refractivity contribution is -0.149. The van der Waals surface area contributed by atoms with Crippen LogP contribution in [0.2, 0.25) is 0 Å². The Bertz CT molecular complexity index is 750. The van der Waals surface area contributed by atoms with E-state index in [1.807, 2.05) is 20.8 Å². The van der Waals surface area contributed by atoms with Crippen LogP contribution in [0.25, 0.3) is 0 Å². The smallest absolute Gasteiger partial charge is 0.410 e. The largest absolute Gasteiger partial charge is 0.444 e. The predicted octanol–water partition coefficient (Wildman–Crippen LogP) is 1.25. The molecule has 0 saturated carbocycles. The lowest BCUT2D eigenvalue weighted by atomic mass is 9.81. The van der Waals surface area contributed by atoms with Gasteiger partial charge in [0.15, 0.2) is 0 Å². The van der Waals surface area contributed by atoms with Crippen molar-refractivity contribution in [1.29, 1.82) is 0 Å². The summed E-state index contributed by atoms with van der Waals surface area (Å²) in [7, 11) is 1.70. The molecule has 4 aliphatic rings. The van der Waals surface area contributed by atoms with Crippen LogP contribution >= 0.6 is 0 Å². The van der Waals surface area contributed by atoms with Crippen molar-refractivity contribution >= 4 is 23.8 Å². The molecule has 4 heterocycles. The Morgan fingerprint density at radius 1 is 1.10 bits per heavy atom. The van der Waals surface area contributed by atoms with Crippen LogP contribution in [0.1, 0.15) is 46.5 Å². The van der Waals surface area contributed by atoms with Crippen LogP contribution in [0.5, 0.6) is 0 Å². The Balaban J connectivity index is 1.32. The van der Waals surface area contributed by atoms with Gasteiger partial charge in [0.2, 0.25) is 17.7 Å². The summed E-state index contributed by atoms with van der Waals surface area (Å²) in [6.45, 7) is 6.88. The van der Waals surface area contributed by atoms with E-state index in [1.165, 1.54) is 0 Å². The van der Waals surface area contributed by atoms with Crippen LogP contribution in [0, 0.1) is 17.8 Å². The van der Waals surface area contributed by atoms with Crippen LogP contribution < -0.4 is 0 Å². The maximum absolute atomic E-state index is 12.9. The zero-order chi connectivity index (χ0) is 22.5. The zero-order valence-corrected chi connectivity index (χ0v) is 18.8. The molecule has 5 unspecified atom stereocenters. The quantitative estimate of drug-likeness (QED) is 0.617. The summed E-state index contributed by atoms with van der Waals surface area (Å²) in [5.41, 5.74) is -0.558. The minimum Gasteiger partial charge on any atom is -0.444 e. The molecule has 2 bridgehead atoms. The molecule has 31 heavy (non-hydrogen) atoms. The van der Waals surface area contributed by atoms with Gasteiger partial charge in [-0.3, -0.25) is 19.3 Å². The fourth-order valence-corrected chi connectivity index (χ4v) is 5.41. The van der Waals surface area contributed by atoms with Crippen LogP contribution in [0.15, 0.2) is 0 Å². The molecule has 9 nitrogen and oxygen atoms in total. The number of ether oxygens (including phenoxy) is 2. The number of hydrogen-bond acceptors (Lipinski definition) is 6. The molecule has 172 valence electrons. The molecule has 0 aromatic carbocycles. The molecule has 4 aliphatic heterocycles. The molecule has 0 aliphatic carbocycles. The van der Waals surface area contributed by atoms with Crippen molar-refractivity contribution in [2.75, 3.05) is 33.2 Å². The zero-order valence-electron chi connectivity index (χ0n) is 18.8. The second-order valence-corrected chi connectivity index (χ2v) is 10.3. The molecule has 0 aromatic heterocycles. The Morgan fingerprint density at radius 2 is 1.71 bits per heavy atom. The standard InChI is InChI=1S/C22H33N3O6/c1-22(2,3)31-21(29)23(4)10-13-6-5-9-24(11-13)16(26)12-25-19(27)17-14-7-8-15(30-14)18(17)20(25)28/h13-15,17-18H,5-12H2,1-4H3. The van der Waals surface area contributed by atoms with E-state index >= 15 is 0 Å². The molecule has 0 spiro atoms. The van der Waals surface area contributed by atoms with Crippen molar-refractivity contribution in [3.63, 3.8) is 0 Å². The monoisotopic (exact) mass is 435 g/mol. The highest BCUT2D eigenvalue weighted by atomic mass is 16.6. The normalized spacial score (nSPS) is 32.5. The van der Waals surface area contributed by atoms with Gasteiger partial charge in [-0.25, -0.2) is 4.79 Å². The number of rotatable bonds is 4. The average Bonchev–Trinajstić information content (AvgIpc) is 3.37. The molecule has 4 fully saturated rings. The molecule has 4 amide bonds. The first-order valence-electron chi connectivity index (χ1n) is 11.3. The van der Waals surface area contributed by atoms with E-state index in [9.17, 15) is 19.2 Å². The number of carbonyl (C=O) groups excluding carboxylic acids is 4. The first-order chi connectivity index (χ1) is 14.5. The Morgan fingerprint density at radius 3 is 2.29 bits per heavy atom. The number of piperidine rings is 1. The van der Waals surface area contributed by atoms with E-state index in [0.29, 0.717) is 19.6 Å². The number of imide groups is 1. The topological polar surface area (TPSA) is 96.5 Å². The summed E-state index contributed by atoms with van der Waals surface area (Å²) in [4.78, 5) is 55.2. The third kappa shape index (κ3) is 4.29. The number of likely N-dealkylation sites (tertiary alicyclic amines) is 2. The Kier molecular flexibility index (Phi) is 5.74. The highest BCUT2D eigenvalue weighted by Crippen LogP contribution is 2.48. The molecule has 4 rings (SSSR count). The van der Waals surface area contributed by atoms with E-state index in [-0.39, 0.29) is 48.5 Å². The number of nitrogens with zero attached hydrogens (tertiary/aromatic N) is 3. The first-order valence-corrected chi connectivity index (χ1v) is 11.3. The van der Waals surface area contributed by atoms with Crippen LogP contribution in [0.3, 0.4) is 0 Å². The maximum Gasteiger partial charge on any atom is 0.410 e. The van der Waals surface area contributed by atoms with Gasteiger partial charge in [-0.15, -0.1) is 0 Å². The van der Waals surface area contributed by atoms with Gasteiger partial charge in [0, 0.05) is 26.7 Å². The fourth-order valence-electron chi connectivity index (χ4n) is 5.41. The maximum atomic E-state index is 12.9. The number of carbonyl (C=O) groups is 4. The van der Waals surface area contributed by atoms with Crippen LogP contribution in [0.4, 0.5) is 4.79 Å². The molecule has 0 radical (unpaired) electrons. The Labute approximate surface area is 183 Å². The fraction of sp³-hybridized carbons (Fsp3) is 0.818. The summed E-state index contributed by atoms with van der Waals surface area (Å²) < 4.78 is 11.1. The van der Waals surface area contributed by atoms with Gasteiger partial charge >= 0.3 is 6.09 Å². The molecular weight excluding hydrogens is 402 g/mol. The second kappa shape index (κ2) is 8.07. The van der Waals surface area contributed by atoms with E-state index in [2.05, 4.69) is 0 Å². The van der Waals surface area contributed by atoms with Crippen molar-refractivity contribution in [2.24, 2.45) is 17.8 Å². The van der Waals surface area contributed by atoms with E-state index in [1.54, 1.807) is 16.8 Å². The van der Waals surface area contributed by atoms with Crippen LogP contribution in [-0.2, 0) is 23.9 Å². The van der Waals surface area contributed by atoms with Crippen molar-refractivity contribution in [1.82, 2.24) is 14.7 Å². The lowest BCUT2D eigenvalue weighted by Crippen LogP contribution is -2.49. The lowest BCUT2D eigenvalue weighted by Gasteiger charge is -2.35. The van der Waals surface area contributed by atoms with E-state index in [0.717, 1.165) is 30.6 Å². The van der Waals surface area contributed by atoms with Crippen molar-refractivity contribution in [3.05, 3.63) is 0 Å². The number of hydrogen-bond donors (Lipinski definition) is 0. The van der Waals surface area contributed by atoms with Crippen molar-refractivity contribution < 1.29 is 28.7 Å². The molecule has 5 atom stereocenters. The number of amides is 4. The minimum atomic E-state index is -0.558. The van der Waals surface area contributed by atoms with Gasteiger partial charge in [-0.1, -0.05) is 0 Å².